The van der Waals surface area contributed by atoms with Gasteiger partial charge in [0, 0.05) is 25.4 Å². The quantitative estimate of drug-likeness (QED) is 0.815. The molecule has 0 radical (unpaired) electrons. The Labute approximate surface area is 121 Å². The van der Waals surface area contributed by atoms with Crippen molar-refractivity contribution in [1.29, 1.82) is 0 Å². The Kier molecular flexibility index (Phi) is 6.69. The molecular weight excluding hydrogens is 258 g/mol. The van der Waals surface area contributed by atoms with Gasteiger partial charge in [-0.2, -0.15) is 0 Å². The zero-order chi connectivity index (χ0) is 14.3. The largest absolute Gasteiger partial charge is 0.356 e. The molecule has 0 saturated heterocycles. The zero-order valence-corrected chi connectivity index (χ0v) is 13.5. The molecule has 0 aromatic carbocycles. The van der Waals surface area contributed by atoms with Gasteiger partial charge in [0.2, 0.25) is 5.91 Å². The summed E-state index contributed by atoms with van der Waals surface area (Å²) in [5.74, 6) is 1.25. The maximum atomic E-state index is 11.9. The monoisotopic (exact) mass is 285 g/mol. The lowest BCUT2D eigenvalue weighted by molar-refractivity contribution is -0.129. The molecule has 0 spiro atoms. The lowest BCUT2D eigenvalue weighted by atomic mass is 9.84. The van der Waals surface area contributed by atoms with E-state index in [0.29, 0.717) is 12.0 Å². The molecule has 1 N–H and O–H groups in total. The zero-order valence-electron chi connectivity index (χ0n) is 12.7. The maximum absolute atomic E-state index is 11.9. The SMILES string of the molecule is CCN(CC)C(=O)CNC1=NCC(CC)(CC)CS1. The second kappa shape index (κ2) is 7.78. The van der Waals surface area contributed by atoms with Crippen molar-refractivity contribution < 1.29 is 4.79 Å². The van der Waals surface area contributed by atoms with E-state index in [2.05, 4.69) is 24.2 Å². The minimum absolute atomic E-state index is 0.149. The summed E-state index contributed by atoms with van der Waals surface area (Å²) in [5.41, 5.74) is 0.360. The number of nitrogens with zero attached hydrogens (tertiary/aromatic N) is 2. The summed E-state index contributed by atoms with van der Waals surface area (Å²) < 4.78 is 0. The summed E-state index contributed by atoms with van der Waals surface area (Å²) in [5, 5.41) is 4.11. The lowest BCUT2D eigenvalue weighted by Gasteiger charge is -2.33. The lowest BCUT2D eigenvalue weighted by Crippen LogP contribution is -2.41. The molecule has 1 aliphatic rings. The van der Waals surface area contributed by atoms with Gasteiger partial charge < -0.3 is 10.2 Å². The average molecular weight is 285 g/mol. The third-order valence-corrected chi connectivity index (χ3v) is 5.38. The molecule has 0 saturated carbocycles. The Morgan fingerprint density at radius 1 is 1.32 bits per heavy atom. The van der Waals surface area contributed by atoms with Crippen LogP contribution in [-0.2, 0) is 4.79 Å². The Balaban J connectivity index is 2.44. The van der Waals surface area contributed by atoms with Crippen LogP contribution in [0.5, 0.6) is 0 Å². The highest BCUT2D eigenvalue weighted by Gasteiger charge is 2.30. The van der Waals surface area contributed by atoms with E-state index in [-0.39, 0.29) is 5.91 Å². The van der Waals surface area contributed by atoms with Gasteiger partial charge in [0.25, 0.3) is 0 Å². The first-order valence-corrected chi connectivity index (χ1v) is 8.28. The van der Waals surface area contributed by atoms with Gasteiger partial charge in [-0.05, 0) is 32.1 Å². The molecule has 5 heteroatoms. The fraction of sp³-hybridized carbons (Fsp3) is 0.857. The molecule has 1 aliphatic heterocycles. The number of thioether (sulfide) groups is 1. The first-order chi connectivity index (χ1) is 9.10. The van der Waals surface area contributed by atoms with Gasteiger partial charge in [0.15, 0.2) is 5.17 Å². The number of amides is 1. The van der Waals surface area contributed by atoms with Gasteiger partial charge in [-0.15, -0.1) is 0 Å². The summed E-state index contributed by atoms with van der Waals surface area (Å²) in [6.45, 7) is 11.3. The van der Waals surface area contributed by atoms with Crippen LogP contribution in [0.25, 0.3) is 0 Å². The molecule has 110 valence electrons. The second-order valence-corrected chi connectivity index (χ2v) is 6.00. The normalized spacial score (nSPS) is 17.8. The number of nitrogens with one attached hydrogen (secondary N) is 1. The molecule has 0 aromatic rings. The minimum atomic E-state index is 0.149. The van der Waals surface area contributed by atoms with Crippen LogP contribution in [0.3, 0.4) is 0 Å². The predicted molar refractivity (Wildman–Crippen MR) is 83.7 cm³/mol. The summed E-state index contributed by atoms with van der Waals surface area (Å²) in [6.07, 6.45) is 2.34. The molecule has 1 rings (SSSR count). The van der Waals surface area contributed by atoms with Crippen molar-refractivity contribution in [3.8, 4) is 0 Å². The third kappa shape index (κ3) is 4.41. The highest BCUT2D eigenvalue weighted by Crippen LogP contribution is 2.34. The van der Waals surface area contributed by atoms with Gasteiger partial charge in [0.05, 0.1) is 6.54 Å². The smallest absolute Gasteiger partial charge is 0.241 e. The fourth-order valence-corrected chi connectivity index (χ4v) is 3.45. The minimum Gasteiger partial charge on any atom is -0.356 e. The molecule has 19 heavy (non-hydrogen) atoms. The Bertz CT molecular complexity index is 323. The number of hydrogen-bond donors (Lipinski definition) is 1. The van der Waals surface area contributed by atoms with Gasteiger partial charge in [0.1, 0.15) is 0 Å². The average Bonchev–Trinajstić information content (AvgIpc) is 2.47. The van der Waals surface area contributed by atoms with Crippen molar-refractivity contribution in [2.24, 2.45) is 10.4 Å². The molecule has 0 fully saturated rings. The number of carbonyl (C=O) groups is 1. The number of likely N-dealkylation sites (N-methyl/N-ethyl adjacent to an activating group) is 1. The molecule has 0 bridgehead atoms. The van der Waals surface area contributed by atoms with E-state index in [1.165, 1.54) is 12.8 Å². The van der Waals surface area contributed by atoms with E-state index in [1.54, 1.807) is 11.8 Å². The Hall–Kier alpha value is -0.710. The van der Waals surface area contributed by atoms with Gasteiger partial charge in [-0.1, -0.05) is 25.6 Å². The molecule has 4 nitrogen and oxygen atoms in total. The van der Waals surface area contributed by atoms with Crippen molar-refractivity contribution in [2.45, 2.75) is 40.5 Å². The standard InChI is InChI=1S/C14H27N3OS/c1-5-14(6-2)10-16-13(19-11-14)15-9-12(18)17(7-3)8-4/h5-11H2,1-4H3,(H,15,16). The van der Waals surface area contributed by atoms with Crippen LogP contribution >= 0.6 is 11.8 Å². The van der Waals surface area contributed by atoms with E-state index in [4.69, 9.17) is 0 Å². The van der Waals surface area contributed by atoms with Crippen LogP contribution in [0.4, 0.5) is 0 Å². The van der Waals surface area contributed by atoms with Crippen molar-refractivity contribution >= 4 is 22.8 Å². The van der Waals surface area contributed by atoms with Crippen LogP contribution < -0.4 is 5.32 Å². The van der Waals surface area contributed by atoms with Crippen LogP contribution in [-0.4, -0.2) is 47.9 Å². The van der Waals surface area contributed by atoms with Crippen molar-refractivity contribution in [1.82, 2.24) is 10.2 Å². The number of hydrogen-bond acceptors (Lipinski definition) is 4. The molecule has 0 unspecified atom stereocenters. The summed E-state index contributed by atoms with van der Waals surface area (Å²) >= 11 is 1.76. The Morgan fingerprint density at radius 2 is 1.95 bits per heavy atom. The highest BCUT2D eigenvalue weighted by molar-refractivity contribution is 8.13. The van der Waals surface area contributed by atoms with Crippen molar-refractivity contribution in [3.05, 3.63) is 0 Å². The summed E-state index contributed by atoms with van der Waals surface area (Å²) in [7, 11) is 0. The fourth-order valence-electron chi connectivity index (χ4n) is 2.18. The number of rotatable bonds is 6. The molecule has 0 aromatic heterocycles. The first-order valence-electron chi connectivity index (χ1n) is 7.29. The Morgan fingerprint density at radius 3 is 2.37 bits per heavy atom. The van der Waals surface area contributed by atoms with Gasteiger partial charge in [-0.3, -0.25) is 9.79 Å². The third-order valence-electron chi connectivity index (χ3n) is 4.08. The van der Waals surface area contributed by atoms with E-state index < -0.39 is 0 Å². The number of aliphatic imine (C=N–C) groups is 1. The topological polar surface area (TPSA) is 44.7 Å². The van der Waals surface area contributed by atoms with Crippen molar-refractivity contribution in [3.63, 3.8) is 0 Å². The maximum Gasteiger partial charge on any atom is 0.241 e. The first kappa shape index (κ1) is 16.3. The molecule has 0 aliphatic carbocycles. The van der Waals surface area contributed by atoms with Crippen molar-refractivity contribution in [2.75, 3.05) is 31.9 Å². The van der Waals surface area contributed by atoms with Crippen LogP contribution in [0.15, 0.2) is 4.99 Å². The van der Waals surface area contributed by atoms with Crippen LogP contribution in [0.1, 0.15) is 40.5 Å². The highest BCUT2D eigenvalue weighted by atomic mass is 32.2. The van der Waals surface area contributed by atoms with E-state index >= 15 is 0 Å². The summed E-state index contributed by atoms with van der Waals surface area (Å²) in [6, 6.07) is 0. The van der Waals surface area contributed by atoms with E-state index in [1.807, 2.05) is 18.7 Å². The molecule has 1 heterocycles. The molecule has 0 atom stereocenters. The van der Waals surface area contributed by atoms with Crippen LogP contribution in [0, 0.1) is 5.41 Å². The van der Waals surface area contributed by atoms with Crippen LogP contribution in [0.2, 0.25) is 0 Å². The molecular formula is C14H27N3OS. The second-order valence-electron chi connectivity index (χ2n) is 5.04. The summed E-state index contributed by atoms with van der Waals surface area (Å²) in [4.78, 5) is 18.3. The number of amidine groups is 1. The molecule has 1 amide bonds. The van der Waals surface area contributed by atoms with Gasteiger partial charge in [-0.25, -0.2) is 0 Å². The van der Waals surface area contributed by atoms with E-state index in [9.17, 15) is 4.79 Å². The van der Waals surface area contributed by atoms with E-state index in [0.717, 1.165) is 30.6 Å². The predicted octanol–water partition coefficient (Wildman–Crippen LogP) is 2.35. The van der Waals surface area contributed by atoms with Gasteiger partial charge >= 0.3 is 0 Å². The number of carbonyl (C=O) groups excluding carboxylic acids is 1.